The fraction of sp³-hybridized carbons (Fsp3) is 0.389. The van der Waals surface area contributed by atoms with Gasteiger partial charge in [0, 0.05) is 58.7 Å². The summed E-state index contributed by atoms with van der Waals surface area (Å²) >= 11 is 0. The smallest absolute Gasteiger partial charge is 0.289 e. The summed E-state index contributed by atoms with van der Waals surface area (Å²) in [5.41, 5.74) is 0.282. The molecule has 0 spiro atoms. The molecule has 1 saturated heterocycles. The van der Waals surface area contributed by atoms with Crippen molar-refractivity contribution in [2.75, 3.05) is 46.3 Å². The van der Waals surface area contributed by atoms with Crippen LogP contribution < -0.4 is 10.6 Å². The Balaban J connectivity index is 1.40. The highest BCUT2D eigenvalue weighted by Crippen LogP contribution is 2.09. The molecule has 2 amide bonds. The van der Waals surface area contributed by atoms with Crippen LogP contribution in [0.5, 0.6) is 0 Å². The van der Waals surface area contributed by atoms with Crippen molar-refractivity contribution in [3.8, 4) is 0 Å². The molecule has 148 valence electrons. The van der Waals surface area contributed by atoms with E-state index in [9.17, 15) is 9.59 Å². The van der Waals surface area contributed by atoms with Gasteiger partial charge in [-0.15, -0.1) is 0 Å². The highest BCUT2D eigenvalue weighted by atomic mass is 16.3. The van der Waals surface area contributed by atoms with E-state index in [1.54, 1.807) is 24.1 Å². The molecule has 0 saturated carbocycles. The first kappa shape index (κ1) is 19.3. The summed E-state index contributed by atoms with van der Waals surface area (Å²) in [4.78, 5) is 40.2. The third kappa shape index (κ3) is 4.84. The predicted octanol–water partition coefficient (Wildman–Crippen LogP) is -0.167. The fourth-order valence-corrected chi connectivity index (χ4v) is 2.87. The van der Waals surface area contributed by atoms with E-state index in [0.29, 0.717) is 45.0 Å². The highest BCUT2D eigenvalue weighted by Gasteiger charge is 2.25. The fourth-order valence-electron chi connectivity index (χ4n) is 2.87. The molecule has 2 aromatic heterocycles. The van der Waals surface area contributed by atoms with Gasteiger partial charge < -0.3 is 24.9 Å². The summed E-state index contributed by atoms with van der Waals surface area (Å²) in [5.74, 6) is 0.725. The van der Waals surface area contributed by atoms with E-state index in [-0.39, 0.29) is 17.5 Å². The van der Waals surface area contributed by atoms with Crippen molar-refractivity contribution >= 4 is 17.8 Å². The minimum absolute atomic E-state index is 0.0979. The van der Waals surface area contributed by atoms with Crippen LogP contribution in [0.2, 0.25) is 0 Å². The average molecular weight is 385 g/mol. The number of aliphatic imine (C=N–C) groups is 1. The Bertz CT molecular complexity index is 800. The minimum atomic E-state index is -0.269. The lowest BCUT2D eigenvalue weighted by molar-refractivity contribution is 0.0657. The molecule has 10 heteroatoms. The lowest BCUT2D eigenvalue weighted by Gasteiger charge is -2.36. The number of carbonyl (C=O) groups excluding carboxylic acids is 2. The maximum absolute atomic E-state index is 12.3. The second kappa shape index (κ2) is 9.49. The standard InChI is InChI=1S/C18H23N7O3/c1-19-18(23-7-6-22-16(26)14-13-20-4-5-21-14)25-10-8-24(9-11-25)17(27)15-3-2-12-28-15/h2-5,12-13H,6-11H2,1H3,(H,19,23)(H,22,26). The number of hydrogen-bond donors (Lipinski definition) is 2. The summed E-state index contributed by atoms with van der Waals surface area (Å²) < 4.78 is 5.18. The number of furan rings is 1. The van der Waals surface area contributed by atoms with E-state index in [4.69, 9.17) is 4.42 Å². The number of guanidine groups is 1. The molecule has 0 radical (unpaired) electrons. The molecule has 1 fully saturated rings. The van der Waals surface area contributed by atoms with E-state index >= 15 is 0 Å². The summed E-state index contributed by atoms with van der Waals surface area (Å²) in [5, 5.41) is 6.00. The maximum Gasteiger partial charge on any atom is 0.289 e. The number of rotatable bonds is 5. The molecule has 3 rings (SSSR count). The molecule has 3 heterocycles. The number of piperazine rings is 1. The van der Waals surface area contributed by atoms with Crippen LogP contribution in [0.3, 0.4) is 0 Å². The van der Waals surface area contributed by atoms with Gasteiger partial charge in [-0.25, -0.2) is 4.98 Å². The van der Waals surface area contributed by atoms with Crippen LogP contribution in [0.15, 0.2) is 46.4 Å². The first-order valence-corrected chi connectivity index (χ1v) is 9.01. The van der Waals surface area contributed by atoms with Crippen LogP contribution in [0, 0.1) is 0 Å². The quantitative estimate of drug-likeness (QED) is 0.417. The molecule has 0 aromatic carbocycles. The van der Waals surface area contributed by atoms with Crippen molar-refractivity contribution in [3.63, 3.8) is 0 Å². The average Bonchev–Trinajstić information content (AvgIpc) is 3.29. The minimum Gasteiger partial charge on any atom is -0.459 e. The number of carbonyl (C=O) groups is 2. The van der Waals surface area contributed by atoms with Crippen molar-refractivity contribution in [2.45, 2.75) is 0 Å². The normalized spacial score (nSPS) is 14.7. The van der Waals surface area contributed by atoms with Crippen molar-refractivity contribution in [3.05, 3.63) is 48.4 Å². The van der Waals surface area contributed by atoms with Crippen LogP contribution in [-0.2, 0) is 0 Å². The largest absolute Gasteiger partial charge is 0.459 e. The zero-order chi connectivity index (χ0) is 19.8. The van der Waals surface area contributed by atoms with Crippen LogP contribution in [0.1, 0.15) is 21.0 Å². The highest BCUT2D eigenvalue weighted by molar-refractivity contribution is 5.92. The van der Waals surface area contributed by atoms with Gasteiger partial charge in [0.15, 0.2) is 11.7 Å². The van der Waals surface area contributed by atoms with E-state index in [1.165, 1.54) is 24.9 Å². The molecule has 0 unspecified atom stereocenters. The van der Waals surface area contributed by atoms with E-state index < -0.39 is 0 Å². The molecule has 0 bridgehead atoms. The van der Waals surface area contributed by atoms with Gasteiger partial charge in [0.1, 0.15) is 5.69 Å². The van der Waals surface area contributed by atoms with Gasteiger partial charge >= 0.3 is 0 Å². The second-order valence-corrected chi connectivity index (χ2v) is 6.08. The Morgan fingerprint density at radius 3 is 2.54 bits per heavy atom. The summed E-state index contributed by atoms with van der Waals surface area (Å²) in [6, 6.07) is 3.38. The monoisotopic (exact) mass is 385 g/mol. The molecule has 28 heavy (non-hydrogen) atoms. The first-order valence-electron chi connectivity index (χ1n) is 9.01. The number of nitrogens with one attached hydrogen (secondary N) is 2. The molecule has 2 aromatic rings. The lowest BCUT2D eigenvalue weighted by atomic mass is 10.3. The van der Waals surface area contributed by atoms with Crippen LogP contribution in [0.25, 0.3) is 0 Å². The van der Waals surface area contributed by atoms with Crippen molar-refractivity contribution in [1.82, 2.24) is 30.4 Å². The number of aromatic nitrogens is 2. The summed E-state index contributed by atoms with van der Waals surface area (Å²) in [7, 11) is 1.71. The van der Waals surface area contributed by atoms with Crippen molar-refractivity contribution < 1.29 is 14.0 Å². The molecular weight excluding hydrogens is 362 g/mol. The molecule has 2 N–H and O–H groups in total. The Kier molecular flexibility index (Phi) is 6.55. The van der Waals surface area contributed by atoms with Gasteiger partial charge in [0.05, 0.1) is 12.5 Å². The van der Waals surface area contributed by atoms with Crippen LogP contribution in [-0.4, -0.2) is 83.9 Å². The Labute approximate surface area is 162 Å². The third-order valence-corrected chi connectivity index (χ3v) is 4.30. The molecule has 1 aliphatic rings. The molecule has 0 aliphatic carbocycles. The van der Waals surface area contributed by atoms with Gasteiger partial charge in [-0.2, -0.15) is 0 Å². The van der Waals surface area contributed by atoms with Gasteiger partial charge in [-0.1, -0.05) is 0 Å². The third-order valence-electron chi connectivity index (χ3n) is 4.30. The van der Waals surface area contributed by atoms with Gasteiger partial charge in [-0.05, 0) is 12.1 Å². The van der Waals surface area contributed by atoms with Gasteiger partial charge in [-0.3, -0.25) is 19.6 Å². The van der Waals surface area contributed by atoms with Crippen molar-refractivity contribution in [1.29, 1.82) is 0 Å². The van der Waals surface area contributed by atoms with E-state index in [1.807, 2.05) is 0 Å². The molecule has 10 nitrogen and oxygen atoms in total. The predicted molar refractivity (Wildman–Crippen MR) is 102 cm³/mol. The zero-order valence-electron chi connectivity index (χ0n) is 15.7. The number of nitrogens with zero attached hydrogens (tertiary/aromatic N) is 5. The molecule has 1 aliphatic heterocycles. The lowest BCUT2D eigenvalue weighted by Crippen LogP contribution is -2.54. The van der Waals surface area contributed by atoms with Crippen LogP contribution in [0.4, 0.5) is 0 Å². The molecular formula is C18H23N7O3. The summed E-state index contributed by atoms with van der Waals surface area (Å²) in [6.45, 7) is 3.44. The van der Waals surface area contributed by atoms with E-state index in [0.717, 1.165) is 5.96 Å². The Morgan fingerprint density at radius 1 is 1.14 bits per heavy atom. The second-order valence-electron chi connectivity index (χ2n) is 6.08. The van der Waals surface area contributed by atoms with E-state index in [2.05, 4.69) is 30.5 Å². The topological polar surface area (TPSA) is 116 Å². The van der Waals surface area contributed by atoms with Crippen molar-refractivity contribution in [2.24, 2.45) is 4.99 Å². The molecule has 0 atom stereocenters. The first-order chi connectivity index (χ1) is 13.7. The van der Waals surface area contributed by atoms with Gasteiger partial charge in [0.25, 0.3) is 11.8 Å². The summed E-state index contributed by atoms with van der Waals surface area (Å²) in [6.07, 6.45) is 5.92. The Hall–Kier alpha value is -3.43. The Morgan fingerprint density at radius 2 is 1.89 bits per heavy atom. The number of hydrogen-bond acceptors (Lipinski definition) is 6. The SMILES string of the molecule is CN=C(NCCNC(=O)c1cnccn1)N1CCN(C(=O)c2ccco2)CC1. The maximum atomic E-state index is 12.3. The zero-order valence-corrected chi connectivity index (χ0v) is 15.7. The number of amides is 2. The van der Waals surface area contributed by atoms with Gasteiger partial charge in [0.2, 0.25) is 0 Å². The van der Waals surface area contributed by atoms with Crippen LogP contribution >= 0.6 is 0 Å².